The number of rotatable bonds is 4. The van der Waals surface area contributed by atoms with Crippen LogP contribution in [0.15, 0.2) is 29.2 Å². The van der Waals surface area contributed by atoms with Crippen LogP contribution in [0.5, 0.6) is 11.5 Å². The van der Waals surface area contributed by atoms with Crippen LogP contribution in [-0.4, -0.2) is 20.5 Å². The molecule has 1 atom stereocenters. The van der Waals surface area contributed by atoms with Crippen molar-refractivity contribution in [2.24, 2.45) is 0 Å². The van der Waals surface area contributed by atoms with Crippen molar-refractivity contribution in [1.29, 1.82) is 0 Å². The van der Waals surface area contributed by atoms with E-state index in [1.54, 1.807) is 26.0 Å². The number of hydrogen-bond donors (Lipinski definition) is 0. The quantitative estimate of drug-likeness (QED) is 0.770. The average Bonchev–Trinajstić information content (AvgIpc) is 2.86. The molecule has 0 amide bonds. The van der Waals surface area contributed by atoms with Gasteiger partial charge in [-0.25, -0.2) is 0 Å². The van der Waals surface area contributed by atoms with E-state index in [9.17, 15) is 4.79 Å². The molecule has 0 saturated heterocycles. The van der Waals surface area contributed by atoms with Crippen molar-refractivity contribution in [1.82, 2.24) is 0 Å². The summed E-state index contributed by atoms with van der Waals surface area (Å²) in [5.74, 6) is 1.45. The molecule has 0 bridgehead atoms. The highest BCUT2D eigenvalue weighted by Gasteiger charge is 2.20. The lowest BCUT2D eigenvalue weighted by Gasteiger charge is -2.13. The molecular formula is C13H14O3S. The SMILES string of the molecule is COc1ccc(C2CC=C(C=O)S2)cc1OC. The van der Waals surface area contributed by atoms with Gasteiger partial charge in [0.2, 0.25) is 0 Å². The first kappa shape index (κ1) is 12.0. The van der Waals surface area contributed by atoms with E-state index in [2.05, 4.69) is 0 Å². The maximum atomic E-state index is 10.7. The summed E-state index contributed by atoms with van der Waals surface area (Å²) in [5, 5.41) is 0.301. The number of allylic oxidation sites excluding steroid dienone is 2. The molecule has 4 heteroatoms. The third-order valence-corrected chi connectivity index (χ3v) is 3.99. The molecule has 2 rings (SSSR count). The fourth-order valence-corrected chi connectivity index (χ4v) is 2.87. The summed E-state index contributed by atoms with van der Waals surface area (Å²) in [4.78, 5) is 11.5. The molecule has 1 aliphatic heterocycles. The second-order valence-electron chi connectivity index (χ2n) is 3.68. The molecule has 3 nitrogen and oxygen atoms in total. The Hall–Kier alpha value is -1.42. The molecule has 0 fully saturated rings. The number of carbonyl (C=O) groups excluding carboxylic acids is 1. The predicted molar refractivity (Wildman–Crippen MR) is 68.6 cm³/mol. The molecule has 0 radical (unpaired) electrons. The van der Waals surface area contributed by atoms with E-state index in [1.165, 1.54) is 0 Å². The molecule has 0 spiro atoms. The second kappa shape index (κ2) is 5.27. The zero-order valence-corrected chi connectivity index (χ0v) is 10.6. The van der Waals surface area contributed by atoms with Gasteiger partial charge < -0.3 is 9.47 Å². The van der Waals surface area contributed by atoms with Gasteiger partial charge in [0.1, 0.15) is 0 Å². The molecule has 90 valence electrons. The van der Waals surface area contributed by atoms with Gasteiger partial charge in [-0.2, -0.15) is 0 Å². The average molecular weight is 250 g/mol. The number of aldehydes is 1. The first-order valence-corrected chi connectivity index (χ1v) is 6.20. The monoisotopic (exact) mass is 250 g/mol. The van der Waals surface area contributed by atoms with E-state index in [1.807, 2.05) is 24.3 Å². The van der Waals surface area contributed by atoms with Gasteiger partial charge in [0.15, 0.2) is 17.8 Å². The van der Waals surface area contributed by atoms with E-state index in [0.29, 0.717) is 5.25 Å². The van der Waals surface area contributed by atoms with Gasteiger partial charge in [-0.15, -0.1) is 11.8 Å². The number of ether oxygens (including phenoxy) is 2. The Bertz CT molecular complexity index is 454. The van der Waals surface area contributed by atoms with E-state index in [4.69, 9.17) is 9.47 Å². The van der Waals surface area contributed by atoms with Gasteiger partial charge >= 0.3 is 0 Å². The smallest absolute Gasteiger partial charge is 0.161 e. The Labute approximate surface area is 105 Å². The van der Waals surface area contributed by atoms with E-state index < -0.39 is 0 Å². The zero-order chi connectivity index (χ0) is 12.3. The predicted octanol–water partition coefficient (Wildman–Crippen LogP) is 2.96. The lowest BCUT2D eigenvalue weighted by Crippen LogP contribution is -1.94. The Balaban J connectivity index is 2.20. The van der Waals surface area contributed by atoms with Crippen molar-refractivity contribution in [3.8, 4) is 11.5 Å². The van der Waals surface area contributed by atoms with Crippen LogP contribution in [0.4, 0.5) is 0 Å². The minimum absolute atomic E-state index is 0.301. The van der Waals surface area contributed by atoms with E-state index in [-0.39, 0.29) is 0 Å². The second-order valence-corrected chi connectivity index (χ2v) is 4.96. The van der Waals surface area contributed by atoms with E-state index in [0.717, 1.165) is 34.7 Å². The molecule has 17 heavy (non-hydrogen) atoms. The first-order chi connectivity index (χ1) is 8.28. The van der Waals surface area contributed by atoms with Crippen molar-refractivity contribution in [3.05, 3.63) is 34.7 Å². The van der Waals surface area contributed by atoms with Crippen LogP contribution in [0.25, 0.3) is 0 Å². The summed E-state index contributed by atoms with van der Waals surface area (Å²) >= 11 is 1.59. The highest BCUT2D eigenvalue weighted by atomic mass is 32.2. The largest absolute Gasteiger partial charge is 0.493 e. The summed E-state index contributed by atoms with van der Waals surface area (Å²) in [7, 11) is 3.24. The Morgan fingerprint density at radius 3 is 2.65 bits per heavy atom. The summed E-state index contributed by atoms with van der Waals surface area (Å²) in [5.41, 5.74) is 1.15. The molecule has 0 saturated carbocycles. The van der Waals surface area contributed by atoms with Crippen LogP contribution in [-0.2, 0) is 4.79 Å². The lowest BCUT2D eigenvalue weighted by molar-refractivity contribution is -0.104. The van der Waals surface area contributed by atoms with Crippen LogP contribution in [0, 0.1) is 0 Å². The third kappa shape index (κ3) is 2.47. The van der Waals surface area contributed by atoms with E-state index >= 15 is 0 Å². The molecule has 1 aromatic rings. The number of thioether (sulfide) groups is 1. The Morgan fingerprint density at radius 2 is 2.06 bits per heavy atom. The highest BCUT2D eigenvalue weighted by Crippen LogP contribution is 2.44. The van der Waals surface area contributed by atoms with Crippen LogP contribution in [0.1, 0.15) is 17.2 Å². The number of carbonyl (C=O) groups is 1. The maximum Gasteiger partial charge on any atom is 0.161 e. The van der Waals surface area contributed by atoms with Crippen LogP contribution in [0.3, 0.4) is 0 Å². The molecule has 0 aliphatic carbocycles. The number of hydrogen-bond acceptors (Lipinski definition) is 4. The molecular weight excluding hydrogens is 236 g/mol. The maximum absolute atomic E-state index is 10.7. The van der Waals surface area contributed by atoms with Crippen molar-refractivity contribution in [3.63, 3.8) is 0 Å². The van der Waals surface area contributed by atoms with Crippen molar-refractivity contribution in [2.45, 2.75) is 11.7 Å². The summed E-state index contributed by atoms with van der Waals surface area (Å²) in [6.45, 7) is 0. The molecule has 1 aromatic carbocycles. The van der Waals surface area contributed by atoms with Gasteiger partial charge in [-0.1, -0.05) is 12.1 Å². The minimum atomic E-state index is 0.301. The van der Waals surface area contributed by atoms with Crippen molar-refractivity contribution in [2.75, 3.05) is 14.2 Å². The molecule has 1 unspecified atom stereocenters. The molecule has 0 N–H and O–H groups in total. The topological polar surface area (TPSA) is 35.5 Å². The van der Waals surface area contributed by atoms with Gasteiger partial charge in [-0.05, 0) is 24.1 Å². The van der Waals surface area contributed by atoms with Crippen LogP contribution in [0.2, 0.25) is 0 Å². The van der Waals surface area contributed by atoms with Gasteiger partial charge in [0.25, 0.3) is 0 Å². The van der Waals surface area contributed by atoms with Gasteiger partial charge in [0, 0.05) is 10.2 Å². The minimum Gasteiger partial charge on any atom is -0.493 e. The summed E-state index contributed by atoms with van der Waals surface area (Å²) in [6.07, 6.45) is 3.76. The van der Waals surface area contributed by atoms with Gasteiger partial charge in [0.05, 0.1) is 14.2 Å². The summed E-state index contributed by atoms with van der Waals surface area (Å²) < 4.78 is 10.5. The third-order valence-electron chi connectivity index (χ3n) is 2.71. The normalized spacial score (nSPS) is 18.7. The summed E-state index contributed by atoms with van der Waals surface area (Å²) in [6, 6.07) is 5.88. The van der Waals surface area contributed by atoms with Crippen molar-refractivity contribution < 1.29 is 14.3 Å². The number of benzene rings is 1. The fraction of sp³-hybridized carbons (Fsp3) is 0.308. The van der Waals surface area contributed by atoms with Crippen molar-refractivity contribution >= 4 is 18.0 Å². The Morgan fingerprint density at radius 1 is 1.29 bits per heavy atom. The Kier molecular flexibility index (Phi) is 3.74. The van der Waals surface area contributed by atoms with Crippen LogP contribution < -0.4 is 9.47 Å². The highest BCUT2D eigenvalue weighted by molar-refractivity contribution is 8.04. The molecule has 0 aromatic heterocycles. The molecule has 1 heterocycles. The standard InChI is InChI=1S/C13H14O3S/c1-15-11-5-3-9(7-12(11)16-2)13-6-4-10(8-14)17-13/h3-5,7-8,13H,6H2,1-2H3. The van der Waals surface area contributed by atoms with Gasteiger partial charge in [-0.3, -0.25) is 4.79 Å². The molecule has 1 aliphatic rings. The zero-order valence-electron chi connectivity index (χ0n) is 9.80. The number of methoxy groups -OCH3 is 2. The fourth-order valence-electron chi connectivity index (χ4n) is 1.82. The lowest BCUT2D eigenvalue weighted by atomic mass is 10.1. The first-order valence-electron chi connectivity index (χ1n) is 5.32. The van der Waals surface area contributed by atoms with Crippen LogP contribution >= 0.6 is 11.8 Å².